The summed E-state index contributed by atoms with van der Waals surface area (Å²) in [5, 5.41) is 3.37. The Labute approximate surface area is 145 Å². The molecule has 130 valence electrons. The van der Waals surface area contributed by atoms with Gasteiger partial charge in [0.25, 0.3) is 0 Å². The van der Waals surface area contributed by atoms with Gasteiger partial charge in [0.1, 0.15) is 5.00 Å². The van der Waals surface area contributed by atoms with Gasteiger partial charge in [-0.15, -0.1) is 11.3 Å². The Hall–Kier alpha value is -1.69. The fraction of sp³-hybridized carbons (Fsp3) is 0.611. The minimum Gasteiger partial charge on any atom is -0.462 e. The first-order valence-electron chi connectivity index (χ1n) is 8.54. The lowest BCUT2D eigenvalue weighted by Crippen LogP contribution is -2.27. The third-order valence-electron chi connectivity index (χ3n) is 5.26. The number of carbonyl (C=O) groups is 3. The van der Waals surface area contributed by atoms with Crippen LogP contribution in [0.4, 0.5) is 5.00 Å². The standard InChI is InChI=1S/C18H23NO4S/c1-4-23-18(22)14-9(2)15(10(3)20)24-17(14)19-16(21)13-8-11-5-6-12(13)7-11/h11-13H,4-8H2,1-3H3,(H,19,21). The Balaban J connectivity index is 1.86. The SMILES string of the molecule is CCOC(=O)c1c(NC(=O)C2CC3CCC2C3)sc(C(C)=O)c1C. The molecular formula is C18H23NO4S. The molecule has 2 fully saturated rings. The van der Waals surface area contributed by atoms with Crippen molar-refractivity contribution in [2.75, 3.05) is 11.9 Å². The molecule has 0 aliphatic heterocycles. The number of rotatable bonds is 5. The molecule has 2 aliphatic rings. The van der Waals surface area contributed by atoms with Gasteiger partial charge in [-0.25, -0.2) is 4.79 Å². The highest BCUT2D eigenvalue weighted by Crippen LogP contribution is 2.49. The van der Waals surface area contributed by atoms with E-state index in [0.717, 1.165) is 19.3 Å². The predicted molar refractivity (Wildman–Crippen MR) is 92.6 cm³/mol. The van der Waals surface area contributed by atoms with Crippen molar-refractivity contribution in [3.8, 4) is 0 Å². The van der Waals surface area contributed by atoms with Gasteiger partial charge in [0.05, 0.1) is 17.0 Å². The van der Waals surface area contributed by atoms with Gasteiger partial charge in [-0.2, -0.15) is 0 Å². The van der Waals surface area contributed by atoms with E-state index in [1.807, 2.05) is 0 Å². The molecule has 1 heterocycles. The van der Waals surface area contributed by atoms with Crippen LogP contribution in [0.2, 0.25) is 0 Å². The zero-order valence-corrected chi connectivity index (χ0v) is 15.1. The summed E-state index contributed by atoms with van der Waals surface area (Å²) in [6.45, 7) is 5.18. The van der Waals surface area contributed by atoms with Crippen LogP contribution in [-0.2, 0) is 9.53 Å². The van der Waals surface area contributed by atoms with Crippen LogP contribution in [0.5, 0.6) is 0 Å². The first-order valence-corrected chi connectivity index (χ1v) is 9.36. The van der Waals surface area contributed by atoms with E-state index in [-0.39, 0.29) is 24.2 Å². The number of esters is 1. The molecule has 0 radical (unpaired) electrons. The average Bonchev–Trinajstić information content (AvgIpc) is 3.21. The van der Waals surface area contributed by atoms with E-state index >= 15 is 0 Å². The van der Waals surface area contributed by atoms with Crippen LogP contribution in [-0.4, -0.2) is 24.3 Å². The number of hydrogen-bond acceptors (Lipinski definition) is 5. The van der Waals surface area contributed by atoms with Crippen LogP contribution in [0.1, 0.15) is 65.1 Å². The van der Waals surface area contributed by atoms with Crippen LogP contribution in [0.3, 0.4) is 0 Å². The molecule has 1 N–H and O–H groups in total. The fourth-order valence-electron chi connectivity index (χ4n) is 4.16. The summed E-state index contributed by atoms with van der Waals surface area (Å²) in [7, 11) is 0. The molecule has 1 amide bonds. The van der Waals surface area contributed by atoms with E-state index in [1.165, 1.54) is 24.7 Å². The molecule has 3 atom stereocenters. The Kier molecular flexibility index (Phi) is 4.76. The molecule has 2 aliphatic carbocycles. The molecule has 1 aromatic rings. The smallest absolute Gasteiger partial charge is 0.341 e. The highest BCUT2D eigenvalue weighted by molar-refractivity contribution is 7.18. The molecule has 0 spiro atoms. The van der Waals surface area contributed by atoms with E-state index in [9.17, 15) is 14.4 Å². The monoisotopic (exact) mass is 349 g/mol. The van der Waals surface area contributed by atoms with E-state index in [1.54, 1.807) is 13.8 Å². The number of hydrogen-bond donors (Lipinski definition) is 1. The first kappa shape index (κ1) is 17.1. The third kappa shape index (κ3) is 2.99. The number of anilines is 1. The molecule has 3 unspecified atom stereocenters. The largest absolute Gasteiger partial charge is 0.462 e. The van der Waals surface area contributed by atoms with Crippen LogP contribution < -0.4 is 5.32 Å². The first-order chi connectivity index (χ1) is 11.4. The molecule has 3 rings (SSSR count). The lowest BCUT2D eigenvalue weighted by Gasteiger charge is -2.20. The zero-order chi connectivity index (χ0) is 17.4. The highest BCUT2D eigenvalue weighted by atomic mass is 32.1. The second-order valence-corrected chi connectivity index (χ2v) is 7.83. The number of ether oxygens (including phenoxy) is 1. The third-order valence-corrected chi connectivity index (χ3v) is 6.57. The lowest BCUT2D eigenvalue weighted by molar-refractivity contribution is -0.121. The van der Waals surface area contributed by atoms with Crippen molar-refractivity contribution in [2.24, 2.45) is 17.8 Å². The summed E-state index contributed by atoms with van der Waals surface area (Å²) in [6.07, 6.45) is 4.44. The predicted octanol–water partition coefficient (Wildman–Crippen LogP) is 3.81. The van der Waals surface area contributed by atoms with Gasteiger partial charge in [0.15, 0.2) is 5.78 Å². The summed E-state index contributed by atoms with van der Waals surface area (Å²) >= 11 is 1.17. The van der Waals surface area contributed by atoms with Crippen molar-refractivity contribution in [1.29, 1.82) is 0 Å². The van der Waals surface area contributed by atoms with Crippen molar-refractivity contribution in [3.05, 3.63) is 16.0 Å². The van der Waals surface area contributed by atoms with E-state index in [0.29, 0.717) is 32.8 Å². The van der Waals surface area contributed by atoms with Gasteiger partial charge >= 0.3 is 5.97 Å². The van der Waals surface area contributed by atoms with Crippen molar-refractivity contribution in [1.82, 2.24) is 0 Å². The Bertz CT molecular complexity index is 693. The summed E-state index contributed by atoms with van der Waals surface area (Å²) in [5.41, 5.74) is 0.915. The minimum atomic E-state index is -0.484. The summed E-state index contributed by atoms with van der Waals surface area (Å²) in [4.78, 5) is 37.3. The van der Waals surface area contributed by atoms with E-state index in [2.05, 4.69) is 5.32 Å². The number of carbonyl (C=O) groups excluding carboxylic acids is 3. The number of Topliss-reactive ketones (excluding diaryl/α,β-unsaturated/α-hetero) is 1. The lowest BCUT2D eigenvalue weighted by atomic mass is 9.88. The molecule has 0 aromatic carbocycles. The normalized spacial score (nSPS) is 24.9. The van der Waals surface area contributed by atoms with Gasteiger partial charge in [-0.1, -0.05) is 6.42 Å². The topological polar surface area (TPSA) is 72.5 Å². The molecule has 2 bridgehead atoms. The second-order valence-electron chi connectivity index (χ2n) is 6.81. The number of ketones is 1. The molecule has 6 heteroatoms. The average molecular weight is 349 g/mol. The Morgan fingerprint density at radius 1 is 1.25 bits per heavy atom. The number of nitrogens with one attached hydrogen (secondary N) is 1. The molecular weight excluding hydrogens is 326 g/mol. The van der Waals surface area contributed by atoms with Gasteiger partial charge in [0.2, 0.25) is 5.91 Å². The van der Waals surface area contributed by atoms with Crippen molar-refractivity contribution < 1.29 is 19.1 Å². The zero-order valence-electron chi connectivity index (χ0n) is 14.3. The maximum Gasteiger partial charge on any atom is 0.341 e. The van der Waals surface area contributed by atoms with Crippen LogP contribution >= 0.6 is 11.3 Å². The van der Waals surface area contributed by atoms with Crippen molar-refractivity contribution >= 4 is 34.0 Å². The quantitative estimate of drug-likeness (QED) is 0.648. The number of amides is 1. The Morgan fingerprint density at radius 3 is 2.54 bits per heavy atom. The van der Waals surface area contributed by atoms with E-state index < -0.39 is 5.97 Å². The van der Waals surface area contributed by atoms with Crippen molar-refractivity contribution in [2.45, 2.75) is 46.5 Å². The molecule has 5 nitrogen and oxygen atoms in total. The van der Waals surface area contributed by atoms with Crippen LogP contribution in [0.25, 0.3) is 0 Å². The Morgan fingerprint density at radius 2 is 2.00 bits per heavy atom. The van der Waals surface area contributed by atoms with Gasteiger partial charge in [0, 0.05) is 5.92 Å². The number of thiophene rings is 1. The van der Waals surface area contributed by atoms with Gasteiger partial charge in [-0.05, 0) is 57.4 Å². The minimum absolute atomic E-state index is 0.0240. The molecule has 0 saturated heterocycles. The van der Waals surface area contributed by atoms with Crippen LogP contribution in [0, 0.1) is 24.7 Å². The van der Waals surface area contributed by atoms with Gasteiger partial charge in [-0.3, -0.25) is 9.59 Å². The summed E-state index contributed by atoms with van der Waals surface area (Å²) < 4.78 is 5.10. The molecule has 2 saturated carbocycles. The number of fused-ring (bicyclic) bond motifs is 2. The summed E-state index contributed by atoms with van der Waals surface area (Å²) in [6, 6.07) is 0. The van der Waals surface area contributed by atoms with Crippen LogP contribution in [0.15, 0.2) is 0 Å². The summed E-state index contributed by atoms with van der Waals surface area (Å²) in [5.74, 6) is 0.555. The maximum absolute atomic E-state index is 12.7. The van der Waals surface area contributed by atoms with Gasteiger partial charge < -0.3 is 10.1 Å². The highest BCUT2D eigenvalue weighted by Gasteiger charge is 2.43. The molecule has 1 aromatic heterocycles. The van der Waals surface area contributed by atoms with E-state index in [4.69, 9.17) is 4.74 Å². The van der Waals surface area contributed by atoms with Crippen molar-refractivity contribution in [3.63, 3.8) is 0 Å². The fourth-order valence-corrected chi connectivity index (χ4v) is 5.25. The molecule has 24 heavy (non-hydrogen) atoms. The maximum atomic E-state index is 12.7. The second kappa shape index (κ2) is 6.67.